The van der Waals surface area contributed by atoms with Crippen molar-refractivity contribution in [3.63, 3.8) is 0 Å². The molecule has 1 N–H and O–H groups in total. The highest BCUT2D eigenvalue weighted by atomic mass is 16.1. The SMILES string of the molecule is Cc1ccccc1-c1nc2ccccc2c(=O)n1N=Cc1c[nH]c2ccccc12. The summed E-state index contributed by atoms with van der Waals surface area (Å²) in [7, 11) is 0. The second-order valence-corrected chi connectivity index (χ2v) is 6.92. The molecule has 2 heterocycles. The van der Waals surface area contributed by atoms with Gasteiger partial charge in [0, 0.05) is 28.2 Å². The molecule has 5 rings (SSSR count). The van der Waals surface area contributed by atoms with Crippen LogP contribution in [0.3, 0.4) is 0 Å². The smallest absolute Gasteiger partial charge is 0.282 e. The van der Waals surface area contributed by atoms with Crippen molar-refractivity contribution in [3.8, 4) is 11.4 Å². The molecule has 3 aromatic carbocycles. The summed E-state index contributed by atoms with van der Waals surface area (Å²) in [6, 6.07) is 23.2. The van der Waals surface area contributed by atoms with Gasteiger partial charge in [0.15, 0.2) is 5.82 Å². The average molecular weight is 378 g/mol. The van der Waals surface area contributed by atoms with E-state index < -0.39 is 0 Å². The van der Waals surface area contributed by atoms with Crippen LogP contribution >= 0.6 is 0 Å². The quantitative estimate of drug-likeness (QED) is 0.461. The van der Waals surface area contributed by atoms with Gasteiger partial charge in [0.1, 0.15) is 0 Å². The highest BCUT2D eigenvalue weighted by Crippen LogP contribution is 2.22. The molecule has 0 atom stereocenters. The number of aromatic amines is 1. The summed E-state index contributed by atoms with van der Waals surface area (Å²) in [5.41, 5.74) is 4.32. The van der Waals surface area contributed by atoms with Gasteiger partial charge in [-0.1, -0.05) is 54.6 Å². The Kier molecular flexibility index (Phi) is 4.06. The summed E-state index contributed by atoms with van der Waals surface area (Å²) in [5, 5.41) is 6.16. The molecule has 0 saturated heterocycles. The zero-order valence-electron chi connectivity index (χ0n) is 15.8. The van der Waals surface area contributed by atoms with Crippen LogP contribution in [-0.2, 0) is 0 Å². The van der Waals surface area contributed by atoms with Gasteiger partial charge in [-0.25, -0.2) is 4.98 Å². The molecule has 0 aliphatic heterocycles. The topological polar surface area (TPSA) is 63.0 Å². The number of benzene rings is 3. The number of nitrogens with zero attached hydrogens (tertiary/aromatic N) is 3. The Morgan fingerprint density at radius 1 is 0.931 bits per heavy atom. The van der Waals surface area contributed by atoms with E-state index in [1.807, 2.05) is 79.9 Å². The van der Waals surface area contributed by atoms with Crippen LogP contribution < -0.4 is 5.56 Å². The first-order valence-corrected chi connectivity index (χ1v) is 9.40. The number of aryl methyl sites for hydroxylation is 1. The van der Waals surface area contributed by atoms with E-state index in [1.54, 1.807) is 12.3 Å². The third-order valence-corrected chi connectivity index (χ3v) is 5.07. The van der Waals surface area contributed by atoms with Crippen molar-refractivity contribution in [2.45, 2.75) is 6.92 Å². The highest BCUT2D eigenvalue weighted by Gasteiger charge is 2.14. The molecule has 5 nitrogen and oxygen atoms in total. The lowest BCUT2D eigenvalue weighted by atomic mass is 10.1. The Bertz CT molecular complexity index is 1440. The van der Waals surface area contributed by atoms with Crippen LogP contribution in [0, 0.1) is 6.92 Å². The molecule has 5 aromatic rings. The van der Waals surface area contributed by atoms with Gasteiger partial charge in [0.25, 0.3) is 5.56 Å². The molecule has 0 aliphatic rings. The number of hydrogen-bond acceptors (Lipinski definition) is 3. The molecular formula is C24H18N4O. The lowest BCUT2D eigenvalue weighted by Crippen LogP contribution is -2.20. The van der Waals surface area contributed by atoms with E-state index in [9.17, 15) is 4.79 Å². The first-order valence-electron chi connectivity index (χ1n) is 9.40. The molecule has 29 heavy (non-hydrogen) atoms. The Balaban J connectivity index is 1.75. The molecule has 2 aromatic heterocycles. The molecular weight excluding hydrogens is 360 g/mol. The van der Waals surface area contributed by atoms with Crippen molar-refractivity contribution in [2.24, 2.45) is 5.10 Å². The highest BCUT2D eigenvalue weighted by molar-refractivity contribution is 5.99. The molecule has 140 valence electrons. The summed E-state index contributed by atoms with van der Waals surface area (Å²) in [6.07, 6.45) is 3.60. The lowest BCUT2D eigenvalue weighted by Gasteiger charge is -2.11. The van der Waals surface area contributed by atoms with E-state index in [4.69, 9.17) is 4.98 Å². The van der Waals surface area contributed by atoms with Crippen molar-refractivity contribution >= 4 is 28.0 Å². The van der Waals surface area contributed by atoms with E-state index in [1.165, 1.54) is 4.68 Å². The molecule has 0 aliphatic carbocycles. The van der Waals surface area contributed by atoms with Gasteiger partial charge in [0.05, 0.1) is 17.1 Å². The molecule has 0 amide bonds. The number of rotatable bonds is 3. The summed E-state index contributed by atoms with van der Waals surface area (Å²) in [6.45, 7) is 2.00. The molecule has 0 fully saturated rings. The second-order valence-electron chi connectivity index (χ2n) is 6.92. The fraction of sp³-hybridized carbons (Fsp3) is 0.0417. The minimum absolute atomic E-state index is 0.190. The predicted molar refractivity (Wildman–Crippen MR) is 117 cm³/mol. The summed E-state index contributed by atoms with van der Waals surface area (Å²) in [4.78, 5) is 21.3. The summed E-state index contributed by atoms with van der Waals surface area (Å²) < 4.78 is 1.40. The average Bonchev–Trinajstić information content (AvgIpc) is 3.17. The Labute approximate surface area is 167 Å². The van der Waals surface area contributed by atoms with Gasteiger partial charge in [-0.2, -0.15) is 9.78 Å². The molecule has 0 unspecified atom stereocenters. The number of nitrogens with one attached hydrogen (secondary N) is 1. The fourth-order valence-electron chi connectivity index (χ4n) is 3.55. The Morgan fingerprint density at radius 2 is 1.66 bits per heavy atom. The molecule has 0 saturated carbocycles. The monoisotopic (exact) mass is 378 g/mol. The van der Waals surface area contributed by atoms with Gasteiger partial charge >= 0.3 is 0 Å². The summed E-state index contributed by atoms with van der Waals surface area (Å²) in [5.74, 6) is 0.530. The maximum Gasteiger partial charge on any atom is 0.282 e. The minimum Gasteiger partial charge on any atom is -0.361 e. The molecule has 5 heteroatoms. The normalized spacial score (nSPS) is 11.6. The zero-order valence-corrected chi connectivity index (χ0v) is 15.8. The molecule has 0 bridgehead atoms. The summed E-state index contributed by atoms with van der Waals surface area (Å²) >= 11 is 0. The van der Waals surface area contributed by atoms with Crippen molar-refractivity contribution < 1.29 is 0 Å². The number of hydrogen-bond donors (Lipinski definition) is 1. The largest absolute Gasteiger partial charge is 0.361 e. The van der Waals surface area contributed by atoms with Crippen LogP contribution in [-0.4, -0.2) is 20.9 Å². The minimum atomic E-state index is -0.190. The first-order chi connectivity index (χ1) is 14.2. The van der Waals surface area contributed by atoms with Gasteiger partial charge in [-0.3, -0.25) is 4.79 Å². The second kappa shape index (κ2) is 6.87. The van der Waals surface area contributed by atoms with E-state index in [2.05, 4.69) is 10.1 Å². The van der Waals surface area contributed by atoms with Crippen molar-refractivity contribution in [1.29, 1.82) is 0 Å². The lowest BCUT2D eigenvalue weighted by molar-refractivity contribution is 0.829. The van der Waals surface area contributed by atoms with Gasteiger partial charge in [0.2, 0.25) is 0 Å². The third kappa shape index (κ3) is 2.93. The van der Waals surface area contributed by atoms with Crippen LogP contribution in [0.4, 0.5) is 0 Å². The maximum absolute atomic E-state index is 13.3. The van der Waals surface area contributed by atoms with E-state index >= 15 is 0 Å². The van der Waals surface area contributed by atoms with E-state index in [-0.39, 0.29) is 5.56 Å². The van der Waals surface area contributed by atoms with Crippen LogP contribution in [0.5, 0.6) is 0 Å². The number of aromatic nitrogens is 3. The first kappa shape index (κ1) is 17.1. The number of H-pyrrole nitrogens is 1. The van der Waals surface area contributed by atoms with Crippen LogP contribution in [0.15, 0.2) is 88.9 Å². The maximum atomic E-state index is 13.3. The zero-order chi connectivity index (χ0) is 19.8. The number of fused-ring (bicyclic) bond motifs is 2. The van der Waals surface area contributed by atoms with Crippen LogP contribution in [0.25, 0.3) is 33.2 Å². The Morgan fingerprint density at radius 3 is 2.52 bits per heavy atom. The Hall–Kier alpha value is -3.99. The molecule has 0 spiro atoms. The standard InChI is InChI=1S/C24H18N4O/c1-16-8-2-3-9-18(16)23-27-22-13-7-5-11-20(22)24(29)28(23)26-15-17-14-25-21-12-6-4-10-19(17)21/h2-15,25H,1H3. The van der Waals surface area contributed by atoms with Crippen molar-refractivity contribution in [2.75, 3.05) is 0 Å². The number of para-hydroxylation sites is 2. The van der Waals surface area contributed by atoms with Crippen LogP contribution in [0.1, 0.15) is 11.1 Å². The van der Waals surface area contributed by atoms with E-state index in [0.29, 0.717) is 16.7 Å². The predicted octanol–water partition coefficient (Wildman–Crippen LogP) is 4.74. The van der Waals surface area contributed by atoms with E-state index in [0.717, 1.165) is 27.6 Å². The fourth-order valence-corrected chi connectivity index (χ4v) is 3.55. The van der Waals surface area contributed by atoms with Crippen LogP contribution in [0.2, 0.25) is 0 Å². The third-order valence-electron chi connectivity index (χ3n) is 5.07. The van der Waals surface area contributed by atoms with Crippen molar-refractivity contribution in [3.05, 3.63) is 100 Å². The van der Waals surface area contributed by atoms with Gasteiger partial charge < -0.3 is 4.98 Å². The van der Waals surface area contributed by atoms with Gasteiger partial charge in [-0.15, -0.1) is 0 Å². The van der Waals surface area contributed by atoms with Gasteiger partial charge in [-0.05, 0) is 30.7 Å². The molecule has 0 radical (unpaired) electrons. The van der Waals surface area contributed by atoms with Crippen molar-refractivity contribution in [1.82, 2.24) is 14.6 Å².